The number of ether oxygens (including phenoxy) is 1. The van der Waals surface area contributed by atoms with Crippen LogP contribution in [0.4, 0.5) is 11.6 Å². The molecule has 0 unspecified atom stereocenters. The maximum Gasteiger partial charge on any atom is 0.259 e. The van der Waals surface area contributed by atoms with Crippen molar-refractivity contribution in [3.8, 4) is 5.75 Å². The van der Waals surface area contributed by atoms with Gasteiger partial charge in [0, 0.05) is 38.1 Å². The Bertz CT molecular complexity index is 806. The molecule has 1 N–H and O–H groups in total. The summed E-state index contributed by atoms with van der Waals surface area (Å²) in [5, 5.41) is 3.25. The molecular weight excluding hydrogens is 354 g/mol. The summed E-state index contributed by atoms with van der Waals surface area (Å²) < 4.78 is 5.11. The predicted octanol–water partition coefficient (Wildman–Crippen LogP) is 2.45. The molecule has 1 aliphatic rings. The first-order chi connectivity index (χ1) is 12.5. The standard InChI is InChI=1S/C18H22ClN5O2/c1-12-14(11-20-18(21-12)24-8-6-23(2)7-9-24)17(25)22-13-4-5-16(26-3)15(19)10-13/h4-5,10-11H,6-9H2,1-3H3,(H,22,25). The first-order valence-corrected chi connectivity index (χ1v) is 8.77. The summed E-state index contributed by atoms with van der Waals surface area (Å²) in [6.45, 7) is 5.53. The van der Waals surface area contributed by atoms with Gasteiger partial charge in [-0.3, -0.25) is 4.79 Å². The summed E-state index contributed by atoms with van der Waals surface area (Å²) in [7, 11) is 3.64. The quantitative estimate of drug-likeness (QED) is 0.885. The number of nitrogens with zero attached hydrogens (tertiary/aromatic N) is 4. The van der Waals surface area contributed by atoms with Crippen LogP contribution >= 0.6 is 11.6 Å². The van der Waals surface area contributed by atoms with E-state index in [2.05, 4.69) is 32.1 Å². The number of piperazine rings is 1. The highest BCUT2D eigenvalue weighted by atomic mass is 35.5. The van der Waals surface area contributed by atoms with Crippen LogP contribution in [0.1, 0.15) is 16.1 Å². The van der Waals surface area contributed by atoms with E-state index in [0.717, 1.165) is 26.2 Å². The molecule has 7 nitrogen and oxygen atoms in total. The Morgan fingerprint density at radius 1 is 1.27 bits per heavy atom. The molecule has 0 bridgehead atoms. The van der Waals surface area contributed by atoms with Crippen LogP contribution in [-0.2, 0) is 0 Å². The molecule has 1 aromatic carbocycles. The third-order valence-corrected chi connectivity index (χ3v) is 4.70. The molecule has 1 saturated heterocycles. The molecule has 138 valence electrons. The molecule has 1 aliphatic heterocycles. The fourth-order valence-electron chi connectivity index (χ4n) is 2.78. The smallest absolute Gasteiger partial charge is 0.259 e. The number of rotatable bonds is 4. The highest BCUT2D eigenvalue weighted by molar-refractivity contribution is 6.32. The van der Waals surface area contributed by atoms with E-state index in [-0.39, 0.29) is 5.91 Å². The third-order valence-electron chi connectivity index (χ3n) is 4.41. The number of benzene rings is 1. The van der Waals surface area contributed by atoms with Gasteiger partial charge < -0.3 is 19.9 Å². The lowest BCUT2D eigenvalue weighted by molar-refractivity contribution is 0.102. The van der Waals surface area contributed by atoms with Crippen molar-refractivity contribution in [1.29, 1.82) is 0 Å². The van der Waals surface area contributed by atoms with Gasteiger partial charge in [-0.05, 0) is 32.2 Å². The zero-order valence-corrected chi connectivity index (χ0v) is 15.9. The Balaban J connectivity index is 1.72. The topological polar surface area (TPSA) is 70.6 Å². The van der Waals surface area contributed by atoms with Gasteiger partial charge in [0.05, 0.1) is 23.4 Å². The van der Waals surface area contributed by atoms with E-state index >= 15 is 0 Å². The van der Waals surface area contributed by atoms with E-state index < -0.39 is 0 Å². The van der Waals surface area contributed by atoms with E-state index in [1.807, 2.05) is 6.92 Å². The van der Waals surface area contributed by atoms with Crippen molar-refractivity contribution in [3.05, 3.63) is 40.7 Å². The molecule has 1 aromatic heterocycles. The number of hydrogen-bond donors (Lipinski definition) is 1. The molecule has 0 saturated carbocycles. The molecule has 1 fully saturated rings. The van der Waals surface area contributed by atoms with Crippen molar-refractivity contribution in [1.82, 2.24) is 14.9 Å². The molecule has 3 rings (SSSR count). The van der Waals surface area contributed by atoms with Crippen LogP contribution in [0.15, 0.2) is 24.4 Å². The Labute approximate surface area is 157 Å². The summed E-state index contributed by atoms with van der Waals surface area (Å²) in [5.74, 6) is 0.953. The predicted molar refractivity (Wildman–Crippen MR) is 102 cm³/mol. The van der Waals surface area contributed by atoms with Crippen molar-refractivity contribution >= 4 is 29.1 Å². The Kier molecular flexibility index (Phi) is 5.58. The summed E-state index contributed by atoms with van der Waals surface area (Å²) in [6, 6.07) is 5.09. The fourth-order valence-corrected chi connectivity index (χ4v) is 3.04. The van der Waals surface area contributed by atoms with E-state index in [4.69, 9.17) is 16.3 Å². The average Bonchev–Trinajstić information content (AvgIpc) is 2.62. The molecule has 0 radical (unpaired) electrons. The lowest BCUT2D eigenvalue weighted by Gasteiger charge is -2.32. The first kappa shape index (κ1) is 18.4. The molecule has 2 heterocycles. The van der Waals surface area contributed by atoms with Crippen LogP contribution in [0.5, 0.6) is 5.75 Å². The minimum absolute atomic E-state index is 0.270. The van der Waals surface area contributed by atoms with E-state index in [1.54, 1.807) is 31.5 Å². The third kappa shape index (κ3) is 4.05. The number of amides is 1. The minimum atomic E-state index is -0.270. The SMILES string of the molecule is COc1ccc(NC(=O)c2cnc(N3CCN(C)CC3)nc2C)cc1Cl. The van der Waals surface area contributed by atoms with Crippen LogP contribution in [0.2, 0.25) is 5.02 Å². The number of aryl methyl sites for hydroxylation is 1. The second-order valence-corrected chi connectivity index (χ2v) is 6.67. The van der Waals surface area contributed by atoms with Gasteiger partial charge in [0.15, 0.2) is 0 Å². The van der Waals surface area contributed by atoms with Gasteiger partial charge >= 0.3 is 0 Å². The second kappa shape index (κ2) is 7.88. The van der Waals surface area contributed by atoms with Gasteiger partial charge in [0.2, 0.25) is 5.95 Å². The normalized spacial score (nSPS) is 15.0. The van der Waals surface area contributed by atoms with Gasteiger partial charge in [0.1, 0.15) is 5.75 Å². The van der Waals surface area contributed by atoms with Gasteiger partial charge in [-0.15, -0.1) is 0 Å². The van der Waals surface area contributed by atoms with Gasteiger partial charge in [-0.25, -0.2) is 9.97 Å². The second-order valence-electron chi connectivity index (χ2n) is 6.26. The number of nitrogens with one attached hydrogen (secondary N) is 1. The highest BCUT2D eigenvalue weighted by Gasteiger charge is 2.19. The van der Waals surface area contributed by atoms with Crippen molar-refractivity contribution in [3.63, 3.8) is 0 Å². The summed E-state index contributed by atoms with van der Waals surface area (Å²) in [6.07, 6.45) is 1.58. The van der Waals surface area contributed by atoms with Crippen LogP contribution in [0.3, 0.4) is 0 Å². The van der Waals surface area contributed by atoms with E-state index in [1.165, 1.54) is 0 Å². The Hall–Kier alpha value is -2.38. The number of hydrogen-bond acceptors (Lipinski definition) is 6. The van der Waals surface area contributed by atoms with Crippen molar-refractivity contribution in [2.75, 3.05) is 50.6 Å². The largest absolute Gasteiger partial charge is 0.495 e. The zero-order chi connectivity index (χ0) is 18.7. The van der Waals surface area contributed by atoms with E-state index in [0.29, 0.717) is 33.7 Å². The van der Waals surface area contributed by atoms with Gasteiger partial charge in [0.25, 0.3) is 5.91 Å². The van der Waals surface area contributed by atoms with Crippen LogP contribution in [-0.4, -0.2) is 61.1 Å². The summed E-state index contributed by atoms with van der Waals surface area (Å²) in [5.41, 5.74) is 1.67. The molecule has 2 aromatic rings. The average molecular weight is 376 g/mol. The maximum absolute atomic E-state index is 12.5. The summed E-state index contributed by atoms with van der Waals surface area (Å²) in [4.78, 5) is 25.9. The molecule has 0 atom stereocenters. The van der Waals surface area contributed by atoms with Crippen LogP contribution < -0.4 is 15.0 Å². The molecule has 8 heteroatoms. The Morgan fingerprint density at radius 2 is 2.00 bits per heavy atom. The number of carbonyl (C=O) groups is 1. The van der Waals surface area contributed by atoms with Crippen molar-refractivity contribution in [2.45, 2.75) is 6.92 Å². The number of likely N-dealkylation sites (N-methyl/N-ethyl adjacent to an activating group) is 1. The molecular formula is C18H22ClN5O2. The van der Waals surface area contributed by atoms with Crippen molar-refractivity contribution in [2.24, 2.45) is 0 Å². The number of anilines is 2. The van der Waals surface area contributed by atoms with Crippen LogP contribution in [0, 0.1) is 6.92 Å². The van der Waals surface area contributed by atoms with Gasteiger partial charge in [-0.1, -0.05) is 11.6 Å². The Morgan fingerprint density at radius 3 is 2.62 bits per heavy atom. The van der Waals surface area contributed by atoms with Crippen LogP contribution in [0.25, 0.3) is 0 Å². The molecule has 26 heavy (non-hydrogen) atoms. The van der Waals surface area contributed by atoms with Crippen molar-refractivity contribution < 1.29 is 9.53 Å². The fraction of sp³-hybridized carbons (Fsp3) is 0.389. The lowest BCUT2D eigenvalue weighted by atomic mass is 10.2. The monoisotopic (exact) mass is 375 g/mol. The zero-order valence-electron chi connectivity index (χ0n) is 15.1. The maximum atomic E-state index is 12.5. The number of carbonyl (C=O) groups excluding carboxylic acids is 1. The molecule has 0 spiro atoms. The first-order valence-electron chi connectivity index (χ1n) is 8.40. The highest BCUT2D eigenvalue weighted by Crippen LogP contribution is 2.27. The number of halogens is 1. The number of aromatic nitrogens is 2. The summed E-state index contributed by atoms with van der Waals surface area (Å²) >= 11 is 6.10. The van der Waals surface area contributed by atoms with E-state index in [9.17, 15) is 4.79 Å². The lowest BCUT2D eigenvalue weighted by Crippen LogP contribution is -2.45. The minimum Gasteiger partial charge on any atom is -0.495 e. The van der Waals surface area contributed by atoms with Gasteiger partial charge in [-0.2, -0.15) is 0 Å². The number of methoxy groups -OCH3 is 1. The molecule has 1 amide bonds. The molecule has 0 aliphatic carbocycles.